The molecule has 5 nitrogen and oxygen atoms in total. The zero-order valence-electron chi connectivity index (χ0n) is 10.9. The lowest BCUT2D eigenvalue weighted by atomic mass is 10.3. The zero-order chi connectivity index (χ0) is 13.5. The van der Waals surface area contributed by atoms with E-state index in [2.05, 4.69) is 10.3 Å². The molecule has 1 heterocycles. The van der Waals surface area contributed by atoms with E-state index in [9.17, 15) is 4.79 Å². The Hall–Kier alpha value is -1.20. The van der Waals surface area contributed by atoms with Gasteiger partial charge in [0.15, 0.2) is 0 Å². The standard InChI is InChI=1S/C12H19ClN2O3/c1-4-17-12(16)11-9(7-10(13)15-11)14-5-6-18-8(2)3/h7-8,14-15H,4-6H2,1-3H3. The van der Waals surface area contributed by atoms with Gasteiger partial charge in [-0.25, -0.2) is 4.79 Å². The summed E-state index contributed by atoms with van der Waals surface area (Å²) < 4.78 is 10.3. The molecule has 1 aromatic heterocycles. The van der Waals surface area contributed by atoms with Crippen LogP contribution >= 0.6 is 11.6 Å². The highest BCUT2D eigenvalue weighted by molar-refractivity contribution is 6.30. The van der Waals surface area contributed by atoms with Crippen LogP contribution in [0.4, 0.5) is 5.69 Å². The predicted molar refractivity (Wildman–Crippen MR) is 71.3 cm³/mol. The third-order valence-corrected chi connectivity index (χ3v) is 2.34. The first-order valence-corrected chi connectivity index (χ1v) is 6.33. The van der Waals surface area contributed by atoms with E-state index in [0.29, 0.717) is 36.3 Å². The Morgan fingerprint density at radius 3 is 2.89 bits per heavy atom. The first-order valence-electron chi connectivity index (χ1n) is 5.95. The SMILES string of the molecule is CCOC(=O)c1[nH]c(Cl)cc1NCCOC(C)C. The van der Waals surface area contributed by atoms with E-state index in [-0.39, 0.29) is 6.10 Å². The normalized spacial score (nSPS) is 10.7. The number of carbonyl (C=O) groups is 1. The molecule has 6 heteroatoms. The van der Waals surface area contributed by atoms with Gasteiger partial charge in [0.25, 0.3) is 0 Å². The van der Waals surface area contributed by atoms with Crippen LogP contribution in [-0.2, 0) is 9.47 Å². The van der Waals surface area contributed by atoms with E-state index in [4.69, 9.17) is 21.1 Å². The van der Waals surface area contributed by atoms with Crippen molar-refractivity contribution in [2.24, 2.45) is 0 Å². The fourth-order valence-electron chi connectivity index (χ4n) is 1.41. The van der Waals surface area contributed by atoms with Crippen LogP contribution in [0.25, 0.3) is 0 Å². The first kappa shape index (κ1) is 14.9. The Morgan fingerprint density at radius 2 is 2.28 bits per heavy atom. The molecule has 18 heavy (non-hydrogen) atoms. The molecule has 0 amide bonds. The van der Waals surface area contributed by atoms with Crippen molar-refractivity contribution in [3.8, 4) is 0 Å². The highest BCUT2D eigenvalue weighted by Gasteiger charge is 2.15. The number of hydrogen-bond donors (Lipinski definition) is 2. The molecule has 0 bridgehead atoms. The molecule has 0 fully saturated rings. The van der Waals surface area contributed by atoms with Gasteiger partial charge >= 0.3 is 5.97 Å². The van der Waals surface area contributed by atoms with Gasteiger partial charge in [0.1, 0.15) is 10.8 Å². The minimum Gasteiger partial charge on any atom is -0.461 e. The molecule has 0 saturated carbocycles. The van der Waals surface area contributed by atoms with Crippen LogP contribution in [0.5, 0.6) is 0 Å². The van der Waals surface area contributed by atoms with E-state index < -0.39 is 5.97 Å². The van der Waals surface area contributed by atoms with Gasteiger partial charge in [-0.2, -0.15) is 0 Å². The summed E-state index contributed by atoms with van der Waals surface area (Å²) >= 11 is 5.84. The third kappa shape index (κ3) is 4.58. The van der Waals surface area contributed by atoms with Crippen molar-refractivity contribution >= 4 is 23.3 Å². The van der Waals surface area contributed by atoms with Crippen LogP contribution in [0.3, 0.4) is 0 Å². The van der Waals surface area contributed by atoms with Crippen molar-refractivity contribution in [1.29, 1.82) is 0 Å². The van der Waals surface area contributed by atoms with Gasteiger partial charge in [-0.15, -0.1) is 0 Å². The Balaban J connectivity index is 2.56. The van der Waals surface area contributed by atoms with E-state index in [0.717, 1.165) is 0 Å². The van der Waals surface area contributed by atoms with Crippen LogP contribution in [-0.4, -0.2) is 36.8 Å². The molecule has 0 aliphatic rings. The molecule has 1 rings (SSSR count). The van der Waals surface area contributed by atoms with Crippen molar-refractivity contribution < 1.29 is 14.3 Å². The maximum absolute atomic E-state index is 11.6. The Morgan fingerprint density at radius 1 is 1.56 bits per heavy atom. The molecule has 0 unspecified atom stereocenters. The Bertz CT molecular complexity index is 391. The van der Waals surface area contributed by atoms with E-state index in [1.165, 1.54) is 0 Å². The molecule has 0 aliphatic heterocycles. The van der Waals surface area contributed by atoms with E-state index >= 15 is 0 Å². The Labute approximate surface area is 112 Å². The Kier molecular flexibility index (Phi) is 6.01. The minimum absolute atomic E-state index is 0.186. The highest BCUT2D eigenvalue weighted by atomic mass is 35.5. The molecule has 1 aromatic rings. The van der Waals surface area contributed by atoms with Crippen molar-refractivity contribution in [3.05, 3.63) is 16.9 Å². The zero-order valence-corrected chi connectivity index (χ0v) is 11.6. The lowest BCUT2D eigenvalue weighted by Gasteiger charge is -2.09. The second-order valence-corrected chi connectivity index (χ2v) is 4.38. The van der Waals surface area contributed by atoms with Crippen LogP contribution in [0.2, 0.25) is 5.15 Å². The predicted octanol–water partition coefficient (Wildman–Crippen LogP) is 2.68. The molecular weight excluding hydrogens is 256 g/mol. The number of halogens is 1. The van der Waals surface area contributed by atoms with Crippen molar-refractivity contribution in [1.82, 2.24) is 4.98 Å². The highest BCUT2D eigenvalue weighted by Crippen LogP contribution is 2.21. The summed E-state index contributed by atoms with van der Waals surface area (Å²) in [4.78, 5) is 14.4. The van der Waals surface area contributed by atoms with Crippen LogP contribution in [0.15, 0.2) is 6.07 Å². The van der Waals surface area contributed by atoms with Gasteiger partial charge in [-0.05, 0) is 26.8 Å². The maximum Gasteiger partial charge on any atom is 0.356 e. The molecule has 0 radical (unpaired) electrons. The summed E-state index contributed by atoms with van der Waals surface area (Å²) in [5.74, 6) is -0.420. The number of rotatable bonds is 7. The summed E-state index contributed by atoms with van der Waals surface area (Å²) in [5.41, 5.74) is 0.970. The van der Waals surface area contributed by atoms with Crippen molar-refractivity contribution in [3.63, 3.8) is 0 Å². The van der Waals surface area contributed by atoms with Gasteiger partial charge in [0, 0.05) is 6.54 Å². The third-order valence-electron chi connectivity index (χ3n) is 2.13. The van der Waals surface area contributed by atoms with Gasteiger partial charge in [0.05, 0.1) is 25.0 Å². The summed E-state index contributed by atoms with van der Waals surface area (Å²) in [6.07, 6.45) is 0.186. The second-order valence-electron chi connectivity index (χ2n) is 3.97. The number of H-pyrrole nitrogens is 1. The van der Waals surface area contributed by atoms with E-state index in [1.54, 1.807) is 13.0 Å². The largest absolute Gasteiger partial charge is 0.461 e. The molecule has 0 spiro atoms. The van der Waals surface area contributed by atoms with Crippen molar-refractivity contribution in [2.45, 2.75) is 26.9 Å². The molecule has 0 aromatic carbocycles. The summed E-state index contributed by atoms with van der Waals surface area (Å²) in [6.45, 7) is 7.17. The number of aromatic amines is 1. The number of hydrogen-bond acceptors (Lipinski definition) is 4. The average Bonchev–Trinajstić information content (AvgIpc) is 2.66. The minimum atomic E-state index is -0.420. The van der Waals surface area contributed by atoms with Crippen LogP contribution < -0.4 is 5.32 Å². The molecule has 2 N–H and O–H groups in total. The molecular formula is C12H19ClN2O3. The lowest BCUT2D eigenvalue weighted by molar-refractivity contribution is 0.0521. The lowest BCUT2D eigenvalue weighted by Crippen LogP contribution is -2.15. The van der Waals surface area contributed by atoms with Crippen LogP contribution in [0, 0.1) is 0 Å². The molecule has 0 atom stereocenters. The topological polar surface area (TPSA) is 63.4 Å². The van der Waals surface area contributed by atoms with Gasteiger partial charge in [-0.3, -0.25) is 0 Å². The number of aromatic nitrogens is 1. The summed E-state index contributed by atoms with van der Waals surface area (Å²) in [5, 5.41) is 3.48. The molecule has 0 aliphatic carbocycles. The second kappa shape index (κ2) is 7.28. The average molecular weight is 275 g/mol. The number of anilines is 1. The first-order chi connectivity index (χ1) is 8.54. The summed E-state index contributed by atoms with van der Waals surface area (Å²) in [6, 6.07) is 1.66. The number of nitrogens with one attached hydrogen (secondary N) is 2. The van der Waals surface area contributed by atoms with Gasteiger partial charge in [0.2, 0.25) is 0 Å². The fourth-order valence-corrected chi connectivity index (χ4v) is 1.61. The quantitative estimate of drug-likeness (QED) is 0.593. The van der Waals surface area contributed by atoms with Gasteiger partial charge < -0.3 is 19.8 Å². The number of esters is 1. The van der Waals surface area contributed by atoms with Crippen molar-refractivity contribution in [2.75, 3.05) is 25.1 Å². The maximum atomic E-state index is 11.6. The number of ether oxygens (including phenoxy) is 2. The van der Waals surface area contributed by atoms with E-state index in [1.807, 2.05) is 13.8 Å². The number of carbonyl (C=O) groups excluding carboxylic acids is 1. The summed E-state index contributed by atoms with van der Waals surface area (Å²) in [7, 11) is 0. The fraction of sp³-hybridized carbons (Fsp3) is 0.583. The molecule has 102 valence electrons. The van der Waals surface area contributed by atoms with Crippen LogP contribution in [0.1, 0.15) is 31.3 Å². The monoisotopic (exact) mass is 274 g/mol. The smallest absolute Gasteiger partial charge is 0.356 e. The molecule has 0 saturated heterocycles. The van der Waals surface area contributed by atoms with Gasteiger partial charge in [-0.1, -0.05) is 11.6 Å².